The smallest absolute Gasteiger partial charge is 0.351 e. The van der Waals surface area contributed by atoms with Crippen molar-refractivity contribution in [2.75, 3.05) is 13.2 Å². The Morgan fingerprint density at radius 3 is 2.45 bits per heavy atom. The van der Waals surface area contributed by atoms with E-state index in [1.54, 1.807) is 18.2 Å². The first-order valence-corrected chi connectivity index (χ1v) is 12.9. The molecule has 2 aliphatic heterocycles. The van der Waals surface area contributed by atoms with E-state index in [9.17, 15) is 9.59 Å². The molecule has 0 unspecified atom stereocenters. The molecule has 3 atom stereocenters. The normalized spacial score (nSPS) is 22.9. The number of para-hydroxylation sites is 2. The highest BCUT2D eigenvalue weighted by atomic mass is 16.6. The van der Waals surface area contributed by atoms with Crippen molar-refractivity contribution in [1.29, 1.82) is 0 Å². The van der Waals surface area contributed by atoms with Crippen molar-refractivity contribution in [2.45, 2.75) is 31.4 Å². The molecule has 0 bridgehead atoms. The Morgan fingerprint density at radius 1 is 0.947 bits per heavy atom. The molecule has 1 amide bonds. The monoisotopic (exact) mass is 508 g/mol. The number of carbonyl (C=O) groups excluding carboxylic acids is 2. The molecule has 2 heterocycles. The zero-order valence-corrected chi connectivity index (χ0v) is 20.9. The zero-order valence-electron chi connectivity index (χ0n) is 20.9. The number of benzene rings is 3. The van der Waals surface area contributed by atoms with E-state index in [2.05, 4.69) is 18.2 Å². The third-order valence-corrected chi connectivity index (χ3v) is 7.15. The average Bonchev–Trinajstić information content (AvgIpc) is 3.37. The van der Waals surface area contributed by atoms with Crippen LogP contribution in [0.15, 0.2) is 95.6 Å². The van der Waals surface area contributed by atoms with Crippen molar-refractivity contribution in [3.63, 3.8) is 0 Å². The highest BCUT2D eigenvalue weighted by Gasteiger charge is 2.44. The first-order valence-electron chi connectivity index (χ1n) is 12.9. The van der Waals surface area contributed by atoms with Crippen molar-refractivity contribution < 1.29 is 23.8 Å². The van der Waals surface area contributed by atoms with E-state index in [0.29, 0.717) is 11.5 Å². The summed E-state index contributed by atoms with van der Waals surface area (Å²) in [4.78, 5) is 26.2. The van der Waals surface area contributed by atoms with Gasteiger partial charge in [0.05, 0.1) is 11.8 Å². The molecule has 1 aliphatic carbocycles. The number of nitrogens with zero attached hydrogens (tertiary/aromatic N) is 2. The first kappa shape index (κ1) is 24.0. The van der Waals surface area contributed by atoms with Crippen LogP contribution in [0.3, 0.4) is 0 Å². The van der Waals surface area contributed by atoms with Crippen molar-refractivity contribution in [3.05, 3.63) is 102 Å². The van der Waals surface area contributed by atoms with Crippen LogP contribution in [0.4, 0.5) is 0 Å². The lowest BCUT2D eigenvalue weighted by molar-refractivity contribution is -0.160. The van der Waals surface area contributed by atoms with Crippen LogP contribution in [0.2, 0.25) is 0 Å². The molecule has 0 N–H and O–H groups in total. The number of fused-ring (bicyclic) bond motifs is 2. The van der Waals surface area contributed by atoms with Gasteiger partial charge in [0.1, 0.15) is 6.61 Å². The molecule has 3 aromatic rings. The molecule has 1 saturated carbocycles. The van der Waals surface area contributed by atoms with E-state index in [-0.39, 0.29) is 24.5 Å². The third kappa shape index (κ3) is 4.79. The summed E-state index contributed by atoms with van der Waals surface area (Å²) >= 11 is 0. The lowest BCUT2D eigenvalue weighted by Gasteiger charge is -2.29. The Hall–Kier alpha value is -4.39. The van der Waals surface area contributed by atoms with E-state index < -0.39 is 18.7 Å². The maximum absolute atomic E-state index is 13.5. The van der Waals surface area contributed by atoms with Gasteiger partial charge in [-0.2, -0.15) is 5.10 Å². The SMILES string of the molecule is O=C(OCC(=O)N1N=C2/C(=C/c3ccccc3)CCC[C@H]2[C@@H]1c1ccccc1)[C@H]1COc2ccccc2O1. The highest BCUT2D eigenvalue weighted by molar-refractivity contribution is 6.08. The second-order valence-corrected chi connectivity index (χ2v) is 9.63. The number of esters is 1. The Morgan fingerprint density at radius 2 is 1.66 bits per heavy atom. The summed E-state index contributed by atoms with van der Waals surface area (Å²) in [5.41, 5.74) is 4.20. The third-order valence-electron chi connectivity index (χ3n) is 7.15. The lowest BCUT2D eigenvalue weighted by Crippen LogP contribution is -2.40. The number of amides is 1. The predicted octanol–water partition coefficient (Wildman–Crippen LogP) is 5.19. The topological polar surface area (TPSA) is 77.4 Å². The quantitative estimate of drug-likeness (QED) is 0.443. The molecule has 3 aliphatic rings. The van der Waals surface area contributed by atoms with Gasteiger partial charge in [-0.1, -0.05) is 72.8 Å². The Balaban J connectivity index is 1.21. The summed E-state index contributed by atoms with van der Waals surface area (Å²) in [6.07, 6.45) is 4.09. The maximum Gasteiger partial charge on any atom is 0.351 e. The summed E-state index contributed by atoms with van der Waals surface area (Å²) < 4.78 is 16.8. The van der Waals surface area contributed by atoms with E-state index in [4.69, 9.17) is 19.3 Å². The Labute approximate surface area is 221 Å². The molecule has 7 nitrogen and oxygen atoms in total. The van der Waals surface area contributed by atoms with E-state index in [1.807, 2.05) is 54.6 Å². The van der Waals surface area contributed by atoms with Crippen molar-refractivity contribution in [3.8, 4) is 11.5 Å². The molecule has 0 spiro atoms. The minimum atomic E-state index is -0.935. The van der Waals surface area contributed by atoms with Gasteiger partial charge in [0.25, 0.3) is 5.91 Å². The Bertz CT molecular complexity index is 1390. The van der Waals surface area contributed by atoms with Crippen LogP contribution in [0.5, 0.6) is 11.5 Å². The van der Waals surface area contributed by atoms with Crippen LogP contribution in [0, 0.1) is 5.92 Å². The molecule has 38 heavy (non-hydrogen) atoms. The number of hydrogen-bond acceptors (Lipinski definition) is 6. The maximum atomic E-state index is 13.5. The predicted molar refractivity (Wildman–Crippen MR) is 143 cm³/mol. The lowest BCUT2D eigenvalue weighted by atomic mass is 9.77. The Kier molecular flexibility index (Phi) is 6.65. The molecule has 0 aromatic heterocycles. The molecule has 1 fully saturated rings. The molecular formula is C31H28N2O5. The van der Waals surface area contributed by atoms with Crippen molar-refractivity contribution in [1.82, 2.24) is 5.01 Å². The van der Waals surface area contributed by atoms with E-state index >= 15 is 0 Å². The minimum Gasteiger partial charge on any atom is -0.485 e. The summed E-state index contributed by atoms with van der Waals surface area (Å²) in [5.74, 6) is 0.118. The van der Waals surface area contributed by atoms with Gasteiger partial charge in [0, 0.05) is 5.92 Å². The van der Waals surface area contributed by atoms with Crippen LogP contribution in [0.1, 0.15) is 36.4 Å². The standard InChI is InChI=1S/C31H28N2O5/c34-28(20-37-31(35)27-19-36-25-16-7-8-17-26(25)38-27)33-30(22-12-5-2-6-13-22)24-15-9-14-23(29(24)32-33)18-21-10-3-1-4-11-21/h1-8,10-13,16-18,24,27,30H,9,14-15,19-20H2/b23-18+/t24-,27-,30+/m1/s1. The zero-order chi connectivity index (χ0) is 25.9. The fourth-order valence-corrected chi connectivity index (χ4v) is 5.37. The number of carbonyl (C=O) groups is 2. The summed E-state index contributed by atoms with van der Waals surface area (Å²) in [7, 11) is 0. The average molecular weight is 509 g/mol. The van der Waals surface area contributed by atoms with Gasteiger partial charge in [-0.15, -0.1) is 0 Å². The second-order valence-electron chi connectivity index (χ2n) is 9.63. The molecule has 3 aromatic carbocycles. The van der Waals surface area contributed by atoms with E-state index in [1.165, 1.54) is 5.01 Å². The van der Waals surface area contributed by atoms with Crippen LogP contribution in [0.25, 0.3) is 6.08 Å². The molecule has 0 saturated heterocycles. The van der Waals surface area contributed by atoms with Gasteiger partial charge in [-0.05, 0) is 54.2 Å². The summed E-state index contributed by atoms with van der Waals surface area (Å²) in [6.45, 7) is -0.399. The van der Waals surface area contributed by atoms with Crippen LogP contribution in [-0.4, -0.2) is 41.9 Å². The number of hydrazone groups is 1. The van der Waals surface area contributed by atoms with Gasteiger partial charge < -0.3 is 14.2 Å². The molecule has 7 heteroatoms. The second kappa shape index (κ2) is 10.5. The van der Waals surface area contributed by atoms with Gasteiger partial charge in [-0.3, -0.25) is 4.79 Å². The van der Waals surface area contributed by atoms with Gasteiger partial charge in [-0.25, -0.2) is 9.80 Å². The van der Waals surface area contributed by atoms with Gasteiger partial charge >= 0.3 is 5.97 Å². The van der Waals surface area contributed by atoms with Crippen LogP contribution < -0.4 is 9.47 Å². The van der Waals surface area contributed by atoms with E-state index in [0.717, 1.165) is 41.7 Å². The van der Waals surface area contributed by atoms with Crippen molar-refractivity contribution >= 4 is 23.7 Å². The van der Waals surface area contributed by atoms with Crippen LogP contribution >= 0.6 is 0 Å². The first-order chi connectivity index (χ1) is 18.7. The van der Waals surface area contributed by atoms with Crippen molar-refractivity contribution in [2.24, 2.45) is 11.0 Å². The van der Waals surface area contributed by atoms with Gasteiger partial charge in [0.2, 0.25) is 6.10 Å². The number of hydrogen-bond donors (Lipinski definition) is 0. The summed E-state index contributed by atoms with van der Waals surface area (Å²) in [5, 5.41) is 6.36. The fraction of sp³-hybridized carbons (Fsp3) is 0.258. The minimum absolute atomic E-state index is 0.0262. The number of ether oxygens (including phenoxy) is 3. The number of rotatable bonds is 5. The largest absolute Gasteiger partial charge is 0.485 e. The molecule has 192 valence electrons. The molecular weight excluding hydrogens is 480 g/mol. The molecule has 0 radical (unpaired) electrons. The van der Waals surface area contributed by atoms with Gasteiger partial charge in [0.15, 0.2) is 18.1 Å². The highest BCUT2D eigenvalue weighted by Crippen LogP contribution is 2.44. The summed E-state index contributed by atoms with van der Waals surface area (Å²) in [6, 6.07) is 27.0. The number of allylic oxidation sites excluding steroid dienone is 1. The van der Waals surface area contributed by atoms with Crippen LogP contribution in [-0.2, 0) is 14.3 Å². The molecule has 6 rings (SSSR count). The fourth-order valence-electron chi connectivity index (χ4n) is 5.37.